The third kappa shape index (κ3) is 4.49. The Morgan fingerprint density at radius 2 is 2.38 bits per heavy atom. The molecule has 0 aromatic rings. The first kappa shape index (κ1) is 13.5. The van der Waals surface area contributed by atoms with Gasteiger partial charge in [0.1, 0.15) is 0 Å². The summed E-state index contributed by atoms with van der Waals surface area (Å²) >= 11 is 0. The molecule has 0 saturated carbocycles. The van der Waals surface area contributed by atoms with Gasteiger partial charge in [-0.05, 0) is 39.2 Å². The third-order valence-electron chi connectivity index (χ3n) is 3.03. The van der Waals surface area contributed by atoms with Crippen molar-refractivity contribution in [1.82, 2.24) is 10.2 Å². The lowest BCUT2D eigenvalue weighted by atomic mass is 10.1. The standard InChI is InChI=1S/C12H24N2O2/c1-3-6-13-12(16)9-14-7-4-5-11(14)8-10(2)15/h10-11,15H,3-9H2,1-2H3,(H,13,16). The third-order valence-corrected chi connectivity index (χ3v) is 3.03. The van der Waals surface area contributed by atoms with Gasteiger partial charge in [0, 0.05) is 12.6 Å². The number of carbonyl (C=O) groups is 1. The Balaban J connectivity index is 2.31. The maximum Gasteiger partial charge on any atom is 0.234 e. The van der Waals surface area contributed by atoms with Crippen LogP contribution in [0.3, 0.4) is 0 Å². The molecule has 1 amide bonds. The van der Waals surface area contributed by atoms with Crippen LogP contribution in [-0.2, 0) is 4.79 Å². The van der Waals surface area contributed by atoms with Gasteiger partial charge in [0.05, 0.1) is 12.6 Å². The second kappa shape index (κ2) is 6.86. The lowest BCUT2D eigenvalue weighted by molar-refractivity contribution is -0.122. The van der Waals surface area contributed by atoms with Crippen LogP contribution in [0.1, 0.15) is 39.5 Å². The average molecular weight is 228 g/mol. The number of hydrogen-bond acceptors (Lipinski definition) is 3. The van der Waals surface area contributed by atoms with Crippen LogP contribution in [0, 0.1) is 0 Å². The predicted octanol–water partition coefficient (Wildman–Crippen LogP) is 0.748. The molecule has 94 valence electrons. The van der Waals surface area contributed by atoms with E-state index in [0.29, 0.717) is 12.6 Å². The van der Waals surface area contributed by atoms with Crippen molar-refractivity contribution >= 4 is 5.91 Å². The molecule has 1 aliphatic heterocycles. The van der Waals surface area contributed by atoms with Crippen LogP contribution < -0.4 is 5.32 Å². The number of rotatable bonds is 6. The molecule has 4 heteroatoms. The van der Waals surface area contributed by atoms with Crippen LogP contribution in [0.15, 0.2) is 0 Å². The molecule has 1 saturated heterocycles. The fraction of sp³-hybridized carbons (Fsp3) is 0.917. The molecule has 16 heavy (non-hydrogen) atoms. The first-order valence-corrected chi connectivity index (χ1v) is 6.32. The Labute approximate surface area is 98.0 Å². The Morgan fingerprint density at radius 1 is 1.62 bits per heavy atom. The van der Waals surface area contributed by atoms with E-state index in [4.69, 9.17) is 0 Å². The van der Waals surface area contributed by atoms with E-state index < -0.39 is 0 Å². The van der Waals surface area contributed by atoms with E-state index in [1.54, 1.807) is 0 Å². The second-order valence-corrected chi connectivity index (χ2v) is 4.70. The molecule has 2 unspecified atom stereocenters. The minimum atomic E-state index is -0.274. The maximum atomic E-state index is 11.6. The van der Waals surface area contributed by atoms with Gasteiger partial charge in [-0.1, -0.05) is 6.92 Å². The zero-order valence-electron chi connectivity index (χ0n) is 10.4. The van der Waals surface area contributed by atoms with E-state index in [1.165, 1.54) is 0 Å². The lowest BCUT2D eigenvalue weighted by Crippen LogP contribution is -2.40. The molecule has 0 aromatic heterocycles. The van der Waals surface area contributed by atoms with Gasteiger partial charge in [0.15, 0.2) is 0 Å². The van der Waals surface area contributed by atoms with Gasteiger partial charge in [-0.15, -0.1) is 0 Å². The molecule has 4 nitrogen and oxygen atoms in total. The highest BCUT2D eigenvalue weighted by Gasteiger charge is 2.26. The number of hydrogen-bond donors (Lipinski definition) is 2. The van der Waals surface area contributed by atoms with Crippen LogP contribution in [0.25, 0.3) is 0 Å². The summed E-state index contributed by atoms with van der Waals surface area (Å²) in [6.07, 6.45) is 3.72. The van der Waals surface area contributed by atoms with Crippen LogP contribution in [0.5, 0.6) is 0 Å². The average Bonchev–Trinajstić information content (AvgIpc) is 2.62. The molecule has 0 aromatic carbocycles. The predicted molar refractivity (Wildman–Crippen MR) is 64.2 cm³/mol. The number of nitrogens with one attached hydrogen (secondary N) is 1. The molecule has 2 N–H and O–H groups in total. The highest BCUT2D eigenvalue weighted by atomic mass is 16.3. The quantitative estimate of drug-likeness (QED) is 0.705. The summed E-state index contributed by atoms with van der Waals surface area (Å²) in [6, 6.07) is 0.382. The number of aliphatic hydroxyl groups excluding tert-OH is 1. The van der Waals surface area contributed by atoms with Crippen LogP contribution >= 0.6 is 0 Å². The van der Waals surface area contributed by atoms with Gasteiger partial charge in [-0.2, -0.15) is 0 Å². The van der Waals surface area contributed by atoms with Crippen LogP contribution in [-0.4, -0.2) is 47.7 Å². The van der Waals surface area contributed by atoms with Gasteiger partial charge in [-0.25, -0.2) is 0 Å². The lowest BCUT2D eigenvalue weighted by Gasteiger charge is -2.24. The van der Waals surface area contributed by atoms with Crippen molar-refractivity contribution in [2.45, 2.75) is 51.7 Å². The SMILES string of the molecule is CCCNC(=O)CN1CCCC1CC(C)O. The molecule has 0 aliphatic carbocycles. The molecule has 1 fully saturated rings. The summed E-state index contributed by atoms with van der Waals surface area (Å²) in [7, 11) is 0. The topological polar surface area (TPSA) is 52.6 Å². The van der Waals surface area contributed by atoms with Crippen molar-refractivity contribution in [1.29, 1.82) is 0 Å². The molecule has 0 radical (unpaired) electrons. The summed E-state index contributed by atoms with van der Waals surface area (Å²) in [6.45, 7) is 6.09. The largest absolute Gasteiger partial charge is 0.393 e. The van der Waals surface area contributed by atoms with Crippen molar-refractivity contribution in [3.63, 3.8) is 0 Å². The summed E-state index contributed by atoms with van der Waals surface area (Å²) in [5, 5.41) is 12.3. The molecule has 1 rings (SSSR count). The van der Waals surface area contributed by atoms with E-state index in [-0.39, 0.29) is 12.0 Å². The van der Waals surface area contributed by atoms with Crippen molar-refractivity contribution in [3.05, 3.63) is 0 Å². The van der Waals surface area contributed by atoms with Gasteiger partial charge < -0.3 is 10.4 Å². The monoisotopic (exact) mass is 228 g/mol. The number of nitrogens with zero attached hydrogens (tertiary/aromatic N) is 1. The van der Waals surface area contributed by atoms with E-state index >= 15 is 0 Å². The van der Waals surface area contributed by atoms with E-state index in [1.807, 2.05) is 13.8 Å². The van der Waals surface area contributed by atoms with E-state index in [2.05, 4.69) is 10.2 Å². The number of likely N-dealkylation sites (tertiary alicyclic amines) is 1. The minimum absolute atomic E-state index is 0.111. The molecular weight excluding hydrogens is 204 g/mol. The molecule has 1 aliphatic rings. The molecule has 2 atom stereocenters. The number of amides is 1. The summed E-state index contributed by atoms with van der Waals surface area (Å²) < 4.78 is 0. The number of carbonyl (C=O) groups excluding carboxylic acids is 1. The maximum absolute atomic E-state index is 11.6. The Morgan fingerprint density at radius 3 is 3.00 bits per heavy atom. The second-order valence-electron chi connectivity index (χ2n) is 4.70. The fourth-order valence-electron chi connectivity index (χ4n) is 2.27. The fourth-order valence-corrected chi connectivity index (χ4v) is 2.27. The van der Waals surface area contributed by atoms with Crippen LogP contribution in [0.4, 0.5) is 0 Å². The smallest absolute Gasteiger partial charge is 0.234 e. The highest BCUT2D eigenvalue weighted by Crippen LogP contribution is 2.20. The normalized spacial score (nSPS) is 23.3. The molecule has 1 heterocycles. The number of aliphatic hydroxyl groups is 1. The first-order chi connectivity index (χ1) is 7.63. The summed E-state index contributed by atoms with van der Waals surface area (Å²) in [4.78, 5) is 13.8. The van der Waals surface area contributed by atoms with Gasteiger partial charge in [-0.3, -0.25) is 9.69 Å². The minimum Gasteiger partial charge on any atom is -0.393 e. The Kier molecular flexibility index (Phi) is 5.77. The molecular formula is C12H24N2O2. The molecule has 0 bridgehead atoms. The summed E-state index contributed by atoms with van der Waals surface area (Å²) in [5.41, 5.74) is 0. The van der Waals surface area contributed by atoms with Crippen molar-refractivity contribution < 1.29 is 9.90 Å². The first-order valence-electron chi connectivity index (χ1n) is 6.32. The van der Waals surface area contributed by atoms with Gasteiger partial charge in [0.25, 0.3) is 0 Å². The van der Waals surface area contributed by atoms with Crippen LogP contribution in [0.2, 0.25) is 0 Å². The van der Waals surface area contributed by atoms with Crippen molar-refractivity contribution in [2.24, 2.45) is 0 Å². The highest BCUT2D eigenvalue weighted by molar-refractivity contribution is 5.78. The van der Waals surface area contributed by atoms with E-state index in [9.17, 15) is 9.90 Å². The van der Waals surface area contributed by atoms with Crippen molar-refractivity contribution in [3.8, 4) is 0 Å². The zero-order chi connectivity index (χ0) is 12.0. The Hall–Kier alpha value is -0.610. The Bertz CT molecular complexity index is 219. The van der Waals surface area contributed by atoms with E-state index in [0.717, 1.165) is 38.8 Å². The zero-order valence-corrected chi connectivity index (χ0v) is 10.4. The van der Waals surface area contributed by atoms with Gasteiger partial charge in [0.2, 0.25) is 5.91 Å². The van der Waals surface area contributed by atoms with Crippen molar-refractivity contribution in [2.75, 3.05) is 19.6 Å². The van der Waals surface area contributed by atoms with Gasteiger partial charge >= 0.3 is 0 Å². The summed E-state index contributed by atoms with van der Waals surface area (Å²) in [5.74, 6) is 0.111. The molecule has 0 spiro atoms.